The maximum absolute atomic E-state index is 6.02. The molecule has 0 spiro atoms. The van der Waals surface area contributed by atoms with Gasteiger partial charge in [-0.3, -0.25) is 0 Å². The molecule has 1 aromatic heterocycles. The molecule has 0 bridgehead atoms. The first kappa shape index (κ1) is 13.4. The Morgan fingerprint density at radius 3 is 2.56 bits per heavy atom. The summed E-state index contributed by atoms with van der Waals surface area (Å²) < 4.78 is 2.98. The fraction of sp³-hybridized carbons (Fsp3) is 0.357. The summed E-state index contributed by atoms with van der Waals surface area (Å²) in [5.41, 5.74) is 8.41. The van der Waals surface area contributed by atoms with E-state index >= 15 is 0 Å². The molecule has 0 fully saturated rings. The number of aromatic nitrogens is 2. The van der Waals surface area contributed by atoms with E-state index in [0.29, 0.717) is 5.92 Å². The van der Waals surface area contributed by atoms with E-state index in [1.807, 2.05) is 17.7 Å². The minimum absolute atomic E-state index is 0.521. The van der Waals surface area contributed by atoms with Gasteiger partial charge in [0.1, 0.15) is 5.82 Å². The van der Waals surface area contributed by atoms with Crippen molar-refractivity contribution in [2.75, 3.05) is 5.73 Å². The lowest BCUT2D eigenvalue weighted by atomic mass is 9.98. The lowest BCUT2D eigenvalue weighted by Gasteiger charge is -2.12. The fourth-order valence-electron chi connectivity index (χ4n) is 2.01. The number of halogens is 1. The Morgan fingerprint density at radius 1 is 1.33 bits per heavy atom. The molecule has 96 valence electrons. The maximum atomic E-state index is 6.02. The number of aryl methyl sites for hydroxylation is 2. The number of hydrogen-bond donors (Lipinski definition) is 1. The number of hydrogen-bond acceptors (Lipinski definition) is 2. The quantitative estimate of drug-likeness (QED) is 0.853. The zero-order valence-corrected chi connectivity index (χ0v) is 12.9. The monoisotopic (exact) mass is 355 g/mol. The highest BCUT2D eigenvalue weighted by Crippen LogP contribution is 2.22. The number of anilines is 1. The van der Waals surface area contributed by atoms with Gasteiger partial charge in [0.05, 0.1) is 9.26 Å². The standard InChI is InChI=1S/C14H18IN3/c1-10(12-6-4-3-5-7-12)8-9-18-14(16)13(15)11(2)17-18/h3-7,10H,8-9,16H2,1-2H3. The summed E-state index contributed by atoms with van der Waals surface area (Å²) >= 11 is 2.25. The number of rotatable bonds is 4. The second-order valence-corrected chi connectivity index (χ2v) is 5.69. The highest BCUT2D eigenvalue weighted by atomic mass is 127. The summed E-state index contributed by atoms with van der Waals surface area (Å²) in [5.74, 6) is 1.31. The van der Waals surface area contributed by atoms with E-state index in [0.717, 1.165) is 28.0 Å². The first-order valence-corrected chi connectivity index (χ1v) is 7.20. The predicted molar refractivity (Wildman–Crippen MR) is 83.6 cm³/mol. The van der Waals surface area contributed by atoms with E-state index in [1.54, 1.807) is 0 Å². The minimum atomic E-state index is 0.521. The van der Waals surface area contributed by atoms with Gasteiger partial charge in [-0.1, -0.05) is 37.3 Å². The lowest BCUT2D eigenvalue weighted by Crippen LogP contribution is -2.08. The molecule has 2 aromatic rings. The first-order chi connectivity index (χ1) is 8.59. The van der Waals surface area contributed by atoms with Crippen LogP contribution in [-0.4, -0.2) is 9.78 Å². The molecule has 0 aliphatic carbocycles. The molecule has 1 heterocycles. The van der Waals surface area contributed by atoms with Gasteiger partial charge in [0, 0.05) is 6.54 Å². The van der Waals surface area contributed by atoms with Gasteiger partial charge in [-0.2, -0.15) is 5.10 Å². The number of nitrogen functional groups attached to an aromatic ring is 1. The van der Waals surface area contributed by atoms with Crippen molar-refractivity contribution in [3.63, 3.8) is 0 Å². The van der Waals surface area contributed by atoms with Crippen molar-refractivity contribution in [2.24, 2.45) is 0 Å². The van der Waals surface area contributed by atoms with Gasteiger partial charge < -0.3 is 5.73 Å². The van der Waals surface area contributed by atoms with Crippen LogP contribution in [-0.2, 0) is 6.54 Å². The zero-order chi connectivity index (χ0) is 13.1. The summed E-state index contributed by atoms with van der Waals surface area (Å²) in [6.45, 7) is 5.11. The van der Waals surface area contributed by atoms with Crippen LogP contribution in [0.4, 0.5) is 5.82 Å². The van der Waals surface area contributed by atoms with Gasteiger partial charge in [0.15, 0.2) is 0 Å². The SMILES string of the molecule is Cc1nn(CCC(C)c2ccccc2)c(N)c1I. The van der Waals surface area contributed by atoms with Crippen LogP contribution in [0, 0.1) is 10.5 Å². The third-order valence-electron chi connectivity index (χ3n) is 3.23. The Kier molecular flexibility index (Phi) is 4.27. The third kappa shape index (κ3) is 2.85. The molecule has 1 atom stereocenters. The van der Waals surface area contributed by atoms with Crippen molar-refractivity contribution in [1.29, 1.82) is 0 Å². The predicted octanol–water partition coefficient (Wildman–Crippen LogP) is 3.57. The highest BCUT2D eigenvalue weighted by molar-refractivity contribution is 14.1. The Hall–Kier alpha value is -1.04. The largest absolute Gasteiger partial charge is 0.383 e. The molecular formula is C14H18IN3. The van der Waals surface area contributed by atoms with Crippen molar-refractivity contribution < 1.29 is 0 Å². The average Bonchev–Trinajstić information content (AvgIpc) is 2.64. The van der Waals surface area contributed by atoms with E-state index in [4.69, 9.17) is 5.73 Å². The maximum Gasteiger partial charge on any atom is 0.135 e. The molecule has 0 saturated heterocycles. The van der Waals surface area contributed by atoms with Crippen LogP contribution in [0.1, 0.15) is 30.5 Å². The molecule has 0 saturated carbocycles. The summed E-state index contributed by atoms with van der Waals surface area (Å²) in [4.78, 5) is 0. The minimum Gasteiger partial charge on any atom is -0.383 e. The molecule has 1 aromatic carbocycles. The normalized spacial score (nSPS) is 12.6. The molecular weight excluding hydrogens is 337 g/mol. The van der Waals surface area contributed by atoms with Gasteiger partial charge in [-0.25, -0.2) is 4.68 Å². The highest BCUT2D eigenvalue weighted by Gasteiger charge is 2.11. The molecule has 18 heavy (non-hydrogen) atoms. The van der Waals surface area contributed by atoms with Crippen molar-refractivity contribution in [3.8, 4) is 0 Å². The topological polar surface area (TPSA) is 43.8 Å². The Bertz CT molecular complexity index is 519. The van der Waals surface area contributed by atoms with E-state index in [1.165, 1.54) is 5.56 Å². The molecule has 0 amide bonds. The summed E-state index contributed by atoms with van der Waals surface area (Å²) in [5, 5.41) is 4.46. The van der Waals surface area contributed by atoms with Crippen LogP contribution < -0.4 is 5.73 Å². The summed E-state index contributed by atoms with van der Waals surface area (Å²) in [7, 11) is 0. The van der Waals surface area contributed by atoms with Gasteiger partial charge in [0.25, 0.3) is 0 Å². The van der Waals surface area contributed by atoms with Crippen LogP contribution in [0.2, 0.25) is 0 Å². The smallest absolute Gasteiger partial charge is 0.135 e. The summed E-state index contributed by atoms with van der Waals surface area (Å²) in [6, 6.07) is 10.6. The van der Waals surface area contributed by atoms with Crippen molar-refractivity contribution in [2.45, 2.75) is 32.7 Å². The van der Waals surface area contributed by atoms with E-state index in [9.17, 15) is 0 Å². The molecule has 0 aliphatic rings. The molecule has 1 unspecified atom stereocenters. The Morgan fingerprint density at radius 2 is 2.00 bits per heavy atom. The van der Waals surface area contributed by atoms with E-state index in [-0.39, 0.29) is 0 Å². The molecule has 0 aliphatic heterocycles. The average molecular weight is 355 g/mol. The van der Waals surface area contributed by atoms with E-state index in [2.05, 4.69) is 58.9 Å². The van der Waals surface area contributed by atoms with Gasteiger partial charge in [-0.15, -0.1) is 0 Å². The number of nitrogens with two attached hydrogens (primary N) is 1. The van der Waals surface area contributed by atoms with Crippen LogP contribution in [0.3, 0.4) is 0 Å². The Labute approximate surface area is 122 Å². The second kappa shape index (κ2) is 5.73. The van der Waals surface area contributed by atoms with Crippen LogP contribution >= 0.6 is 22.6 Å². The summed E-state index contributed by atoms with van der Waals surface area (Å²) in [6.07, 6.45) is 1.05. The van der Waals surface area contributed by atoms with Crippen molar-refractivity contribution >= 4 is 28.4 Å². The molecule has 2 N–H and O–H groups in total. The first-order valence-electron chi connectivity index (χ1n) is 6.13. The van der Waals surface area contributed by atoms with Gasteiger partial charge in [-0.05, 0) is 47.4 Å². The van der Waals surface area contributed by atoms with Crippen molar-refractivity contribution in [1.82, 2.24) is 9.78 Å². The lowest BCUT2D eigenvalue weighted by molar-refractivity contribution is 0.536. The van der Waals surface area contributed by atoms with Crippen LogP contribution in [0.25, 0.3) is 0 Å². The van der Waals surface area contributed by atoms with Gasteiger partial charge in [0.2, 0.25) is 0 Å². The third-order valence-corrected chi connectivity index (χ3v) is 4.57. The number of nitrogens with zero attached hydrogens (tertiary/aromatic N) is 2. The molecule has 4 heteroatoms. The van der Waals surface area contributed by atoms with Crippen LogP contribution in [0.5, 0.6) is 0 Å². The molecule has 2 rings (SSSR count). The number of benzene rings is 1. The zero-order valence-electron chi connectivity index (χ0n) is 10.7. The van der Waals surface area contributed by atoms with E-state index < -0.39 is 0 Å². The second-order valence-electron chi connectivity index (χ2n) is 4.61. The fourth-order valence-corrected chi connectivity index (χ4v) is 2.40. The molecule has 0 radical (unpaired) electrons. The van der Waals surface area contributed by atoms with Gasteiger partial charge >= 0.3 is 0 Å². The Balaban J connectivity index is 2.02. The van der Waals surface area contributed by atoms with Crippen LogP contribution in [0.15, 0.2) is 30.3 Å². The molecule has 3 nitrogen and oxygen atoms in total. The van der Waals surface area contributed by atoms with Crippen molar-refractivity contribution in [3.05, 3.63) is 45.2 Å².